The van der Waals surface area contributed by atoms with Gasteiger partial charge in [-0.25, -0.2) is 0 Å². The molecule has 3 N–H and O–H groups in total. The van der Waals surface area contributed by atoms with E-state index >= 15 is 0 Å². The average molecular weight is 503 g/mol. The zero-order chi connectivity index (χ0) is 26.5. The number of ketones is 1. The third-order valence-electron chi connectivity index (χ3n) is 5.87. The van der Waals surface area contributed by atoms with Crippen LogP contribution >= 0.6 is 0 Å². The third-order valence-corrected chi connectivity index (χ3v) is 5.87. The number of nitrogens with one attached hydrogen (secondary N) is 2. The molecule has 37 heavy (non-hydrogen) atoms. The van der Waals surface area contributed by atoms with E-state index in [9.17, 15) is 19.5 Å². The molecule has 7 heteroatoms. The smallest absolute Gasteiger partial charge is 0.251 e. The van der Waals surface area contributed by atoms with Crippen molar-refractivity contribution in [1.29, 1.82) is 0 Å². The summed E-state index contributed by atoms with van der Waals surface area (Å²) in [6.45, 7) is 2.52. The lowest BCUT2D eigenvalue weighted by Crippen LogP contribution is -2.46. The summed E-state index contributed by atoms with van der Waals surface area (Å²) in [5, 5.41) is 16.4. The van der Waals surface area contributed by atoms with Gasteiger partial charge in [0, 0.05) is 30.5 Å². The fourth-order valence-electron chi connectivity index (χ4n) is 3.86. The fourth-order valence-corrected chi connectivity index (χ4v) is 3.86. The molecular weight excluding hydrogens is 468 g/mol. The highest BCUT2D eigenvalue weighted by atomic mass is 16.6. The molecule has 3 aromatic rings. The van der Waals surface area contributed by atoms with Crippen molar-refractivity contribution < 1.29 is 24.2 Å². The van der Waals surface area contributed by atoms with E-state index in [-0.39, 0.29) is 37.0 Å². The second kappa shape index (κ2) is 14.7. The Hall–Kier alpha value is -3.81. The minimum absolute atomic E-state index is 0.00389. The van der Waals surface area contributed by atoms with E-state index in [0.29, 0.717) is 30.5 Å². The van der Waals surface area contributed by atoms with Crippen LogP contribution in [0.1, 0.15) is 58.0 Å². The van der Waals surface area contributed by atoms with Crippen molar-refractivity contribution in [3.63, 3.8) is 0 Å². The average Bonchev–Trinajstić information content (AvgIpc) is 2.92. The first kappa shape index (κ1) is 27.8. The molecule has 0 aromatic heterocycles. The van der Waals surface area contributed by atoms with Crippen molar-refractivity contribution in [2.45, 2.75) is 51.5 Å². The van der Waals surface area contributed by atoms with Crippen LogP contribution in [0.5, 0.6) is 0 Å². The Kier molecular flexibility index (Phi) is 11.0. The molecule has 2 amide bonds. The number of amides is 2. The number of carbonyl (C=O) groups excluding carboxylic acids is 3. The second-order valence-corrected chi connectivity index (χ2v) is 8.76. The highest BCUT2D eigenvalue weighted by Gasteiger charge is 2.23. The van der Waals surface area contributed by atoms with Crippen molar-refractivity contribution in [2.75, 3.05) is 6.54 Å². The first-order valence-corrected chi connectivity index (χ1v) is 12.5. The van der Waals surface area contributed by atoms with E-state index in [4.69, 9.17) is 4.74 Å². The number of Topliss-reactive ketones (excluding diaryl/α,β-unsaturated/α-hetero) is 1. The molecule has 194 valence electrons. The molecule has 3 rings (SSSR count). The predicted molar refractivity (Wildman–Crippen MR) is 142 cm³/mol. The van der Waals surface area contributed by atoms with Gasteiger partial charge in [0.2, 0.25) is 5.91 Å². The van der Waals surface area contributed by atoms with Crippen LogP contribution in [-0.4, -0.2) is 41.6 Å². The van der Waals surface area contributed by atoms with Crippen LogP contribution in [0.15, 0.2) is 84.9 Å². The van der Waals surface area contributed by atoms with Crippen LogP contribution in [0.2, 0.25) is 0 Å². The molecule has 7 nitrogen and oxygen atoms in total. The lowest BCUT2D eigenvalue weighted by molar-refractivity contribution is -0.140. The molecule has 0 saturated heterocycles. The molecular formula is C30H34N2O5. The normalized spacial score (nSPS) is 12.4. The van der Waals surface area contributed by atoms with E-state index in [1.165, 1.54) is 0 Å². The second-order valence-electron chi connectivity index (χ2n) is 8.76. The van der Waals surface area contributed by atoms with Crippen LogP contribution < -0.4 is 10.6 Å². The number of aliphatic hydroxyl groups excluding tert-OH is 1. The standard InChI is InChI=1S/C30H34N2O5/c1-2-31-29(35)25-18-16-23(17-19-25)21-37-30(36)26(20-22-10-5-3-6-11-22)32-28(34)15-9-14-27(33)24-12-7-4-8-13-24/h3-8,10-13,16-19,26,30,36H,2,9,14-15,20-21H2,1H3,(H,31,35)(H,32,34). The van der Waals surface area contributed by atoms with Gasteiger partial charge in [0.1, 0.15) is 0 Å². The maximum atomic E-state index is 12.7. The third kappa shape index (κ3) is 9.29. The van der Waals surface area contributed by atoms with Crippen molar-refractivity contribution in [1.82, 2.24) is 10.6 Å². The van der Waals surface area contributed by atoms with E-state index in [2.05, 4.69) is 10.6 Å². The number of benzene rings is 3. The Balaban J connectivity index is 1.55. The van der Waals surface area contributed by atoms with Crippen LogP contribution in [0.3, 0.4) is 0 Å². The number of hydrogen-bond acceptors (Lipinski definition) is 5. The molecule has 0 aliphatic carbocycles. The first-order valence-electron chi connectivity index (χ1n) is 12.5. The van der Waals surface area contributed by atoms with Gasteiger partial charge in [0.05, 0.1) is 12.6 Å². The Morgan fingerprint density at radius 2 is 1.46 bits per heavy atom. The number of ether oxygens (including phenoxy) is 1. The fraction of sp³-hybridized carbons (Fsp3) is 0.300. The SMILES string of the molecule is CCNC(=O)c1ccc(COC(O)C(Cc2ccccc2)NC(=O)CCCC(=O)c2ccccc2)cc1. The predicted octanol–water partition coefficient (Wildman–Crippen LogP) is 4.05. The molecule has 0 saturated carbocycles. The molecule has 0 heterocycles. The maximum Gasteiger partial charge on any atom is 0.251 e. The Labute approximate surface area is 217 Å². The van der Waals surface area contributed by atoms with Crippen LogP contribution in [0, 0.1) is 0 Å². The molecule has 2 unspecified atom stereocenters. The van der Waals surface area contributed by atoms with Gasteiger partial charge < -0.3 is 20.5 Å². The van der Waals surface area contributed by atoms with Gasteiger partial charge in [-0.1, -0.05) is 72.8 Å². The molecule has 0 aliphatic rings. The van der Waals surface area contributed by atoms with Gasteiger partial charge in [-0.15, -0.1) is 0 Å². The summed E-state index contributed by atoms with van der Waals surface area (Å²) >= 11 is 0. The quantitative estimate of drug-likeness (QED) is 0.228. The van der Waals surface area contributed by atoms with Gasteiger partial charge in [-0.3, -0.25) is 14.4 Å². The number of hydrogen-bond donors (Lipinski definition) is 3. The lowest BCUT2D eigenvalue weighted by atomic mass is 10.0. The summed E-state index contributed by atoms with van der Waals surface area (Å²) in [4.78, 5) is 36.9. The Morgan fingerprint density at radius 3 is 2.11 bits per heavy atom. The largest absolute Gasteiger partial charge is 0.366 e. The van der Waals surface area contributed by atoms with Crippen LogP contribution in [0.25, 0.3) is 0 Å². The zero-order valence-corrected chi connectivity index (χ0v) is 21.1. The van der Waals surface area contributed by atoms with Crippen molar-refractivity contribution >= 4 is 17.6 Å². The highest BCUT2D eigenvalue weighted by molar-refractivity contribution is 5.96. The molecule has 0 fully saturated rings. The monoisotopic (exact) mass is 502 g/mol. The summed E-state index contributed by atoms with van der Waals surface area (Å²) < 4.78 is 5.70. The number of rotatable bonds is 14. The van der Waals surface area contributed by atoms with E-state index in [1.54, 1.807) is 36.4 Å². The van der Waals surface area contributed by atoms with E-state index < -0.39 is 12.3 Å². The number of aliphatic hydroxyl groups is 1. The Bertz CT molecular complexity index is 1130. The molecule has 0 spiro atoms. The van der Waals surface area contributed by atoms with Gasteiger partial charge in [0.15, 0.2) is 12.1 Å². The van der Waals surface area contributed by atoms with Crippen LogP contribution in [-0.2, 0) is 22.6 Å². The minimum atomic E-state index is -1.25. The summed E-state index contributed by atoms with van der Waals surface area (Å²) in [6.07, 6.45) is -0.0262. The molecule has 3 aromatic carbocycles. The molecule has 0 bridgehead atoms. The summed E-state index contributed by atoms with van der Waals surface area (Å²) in [6, 6.07) is 24.8. The van der Waals surface area contributed by atoms with Gasteiger partial charge in [-0.05, 0) is 43.0 Å². The topological polar surface area (TPSA) is 105 Å². The Morgan fingerprint density at radius 1 is 0.811 bits per heavy atom. The van der Waals surface area contributed by atoms with Crippen LogP contribution in [0.4, 0.5) is 0 Å². The molecule has 0 aliphatic heterocycles. The van der Waals surface area contributed by atoms with Crippen molar-refractivity contribution in [3.05, 3.63) is 107 Å². The highest BCUT2D eigenvalue weighted by Crippen LogP contribution is 2.13. The lowest BCUT2D eigenvalue weighted by Gasteiger charge is -2.24. The maximum absolute atomic E-state index is 12.7. The zero-order valence-electron chi connectivity index (χ0n) is 21.1. The molecule has 2 atom stereocenters. The molecule has 0 radical (unpaired) electrons. The van der Waals surface area contributed by atoms with E-state index in [1.807, 2.05) is 55.5 Å². The summed E-state index contributed by atoms with van der Waals surface area (Å²) in [5.41, 5.74) is 2.91. The van der Waals surface area contributed by atoms with E-state index in [0.717, 1.165) is 11.1 Å². The first-order chi connectivity index (χ1) is 18.0. The van der Waals surface area contributed by atoms with Gasteiger partial charge in [0.25, 0.3) is 5.91 Å². The summed E-state index contributed by atoms with van der Waals surface area (Å²) in [5.74, 6) is -0.405. The van der Waals surface area contributed by atoms with Gasteiger partial charge in [-0.2, -0.15) is 0 Å². The number of carbonyl (C=O) groups is 3. The minimum Gasteiger partial charge on any atom is -0.366 e. The van der Waals surface area contributed by atoms with Gasteiger partial charge >= 0.3 is 0 Å². The summed E-state index contributed by atoms with van der Waals surface area (Å²) in [7, 11) is 0. The van der Waals surface area contributed by atoms with Crippen molar-refractivity contribution in [2.24, 2.45) is 0 Å². The van der Waals surface area contributed by atoms with Crippen molar-refractivity contribution in [3.8, 4) is 0 Å².